The van der Waals surface area contributed by atoms with E-state index >= 15 is 0 Å². The Labute approximate surface area is 124 Å². The van der Waals surface area contributed by atoms with Gasteiger partial charge in [0.05, 0.1) is 12.2 Å². The van der Waals surface area contributed by atoms with Crippen molar-refractivity contribution >= 4 is 17.4 Å². The van der Waals surface area contributed by atoms with Gasteiger partial charge in [-0.3, -0.25) is 0 Å². The highest BCUT2D eigenvalue weighted by molar-refractivity contribution is 7.98. The Hall–Kier alpha value is -1.66. The Kier molecular flexibility index (Phi) is 4.80. The van der Waals surface area contributed by atoms with Crippen LogP contribution in [-0.4, -0.2) is 5.11 Å². The normalized spacial score (nSPS) is 11.6. The molecule has 0 heterocycles. The number of hydrogen-bond donors (Lipinski definition) is 2. The minimum absolute atomic E-state index is 0.0146. The molecule has 0 atom stereocenters. The fourth-order valence-corrected chi connectivity index (χ4v) is 2.66. The molecule has 0 spiro atoms. The van der Waals surface area contributed by atoms with Crippen LogP contribution in [0.5, 0.6) is 0 Å². The third-order valence-electron chi connectivity index (χ3n) is 2.94. The first-order chi connectivity index (χ1) is 9.90. The Morgan fingerprint density at radius 1 is 1.00 bits per heavy atom. The molecule has 0 bridgehead atoms. The van der Waals surface area contributed by atoms with Crippen molar-refractivity contribution < 1.29 is 18.3 Å². The number of hydrogen-bond acceptors (Lipinski definition) is 3. The van der Waals surface area contributed by atoms with Crippen molar-refractivity contribution in [2.75, 3.05) is 5.73 Å². The summed E-state index contributed by atoms with van der Waals surface area (Å²) in [6.45, 7) is -0.0146. The first kappa shape index (κ1) is 15.7. The molecule has 6 heteroatoms. The summed E-state index contributed by atoms with van der Waals surface area (Å²) in [4.78, 5) is 0.620. The van der Waals surface area contributed by atoms with Gasteiger partial charge in [0.25, 0.3) is 0 Å². The lowest BCUT2D eigenvalue weighted by Gasteiger charge is -2.10. The molecule has 0 aliphatic carbocycles. The maximum absolute atomic E-state index is 12.5. The smallest absolute Gasteiger partial charge is 0.398 e. The largest absolute Gasteiger partial charge is 0.416 e. The zero-order valence-corrected chi connectivity index (χ0v) is 11.8. The van der Waals surface area contributed by atoms with E-state index in [2.05, 4.69) is 0 Å². The molecule has 0 amide bonds. The maximum atomic E-state index is 12.5. The zero-order valence-electron chi connectivity index (χ0n) is 11.0. The molecule has 0 radical (unpaired) electrons. The van der Waals surface area contributed by atoms with Crippen molar-refractivity contribution in [2.24, 2.45) is 0 Å². The highest BCUT2D eigenvalue weighted by atomic mass is 32.2. The van der Waals surface area contributed by atoms with Crippen molar-refractivity contribution in [2.45, 2.75) is 23.4 Å². The maximum Gasteiger partial charge on any atom is 0.416 e. The number of nitrogens with two attached hydrogens (primary N) is 1. The predicted octanol–water partition coefficient (Wildman–Crippen LogP) is 4.07. The molecule has 0 saturated heterocycles. The van der Waals surface area contributed by atoms with Gasteiger partial charge in [-0.2, -0.15) is 13.2 Å². The van der Waals surface area contributed by atoms with E-state index in [0.717, 1.165) is 23.3 Å². The Bertz CT molecular complexity index is 611. The average Bonchev–Trinajstić information content (AvgIpc) is 2.45. The molecule has 2 aromatic carbocycles. The minimum Gasteiger partial charge on any atom is -0.398 e. The molecule has 21 heavy (non-hydrogen) atoms. The summed E-state index contributed by atoms with van der Waals surface area (Å²) >= 11 is 1.38. The topological polar surface area (TPSA) is 46.2 Å². The lowest BCUT2D eigenvalue weighted by Crippen LogP contribution is -2.05. The number of halogens is 3. The van der Waals surface area contributed by atoms with Crippen LogP contribution in [0.1, 0.15) is 16.7 Å². The van der Waals surface area contributed by atoms with Crippen LogP contribution in [0.15, 0.2) is 47.4 Å². The van der Waals surface area contributed by atoms with E-state index in [1.54, 1.807) is 0 Å². The highest BCUT2D eigenvalue weighted by Gasteiger charge is 2.30. The van der Waals surface area contributed by atoms with Gasteiger partial charge in [0, 0.05) is 16.3 Å². The lowest BCUT2D eigenvalue weighted by atomic mass is 10.2. The fourth-order valence-electron chi connectivity index (χ4n) is 1.76. The van der Waals surface area contributed by atoms with E-state index in [0.29, 0.717) is 10.6 Å². The van der Waals surface area contributed by atoms with Gasteiger partial charge in [-0.1, -0.05) is 24.3 Å². The first-order valence-electron chi connectivity index (χ1n) is 6.18. The van der Waals surface area contributed by atoms with E-state index in [1.165, 1.54) is 17.8 Å². The molecule has 0 fully saturated rings. The van der Waals surface area contributed by atoms with E-state index < -0.39 is 11.7 Å². The van der Waals surface area contributed by atoms with Crippen LogP contribution in [-0.2, 0) is 18.5 Å². The third-order valence-corrected chi connectivity index (χ3v) is 4.10. The van der Waals surface area contributed by atoms with Gasteiger partial charge in [0.1, 0.15) is 0 Å². The summed E-state index contributed by atoms with van der Waals surface area (Å²) < 4.78 is 37.6. The zero-order chi connectivity index (χ0) is 15.5. The molecule has 2 rings (SSSR count). The SMILES string of the molecule is Nc1cc(C(F)(F)F)ccc1SCc1ccc(CO)cc1. The van der Waals surface area contributed by atoms with Gasteiger partial charge in [-0.05, 0) is 29.3 Å². The molecular formula is C15H14F3NOS. The second kappa shape index (κ2) is 6.41. The number of aliphatic hydroxyl groups is 1. The van der Waals surface area contributed by atoms with E-state index in [1.807, 2.05) is 24.3 Å². The van der Waals surface area contributed by atoms with Crippen LogP contribution in [0.2, 0.25) is 0 Å². The molecule has 2 nitrogen and oxygen atoms in total. The Morgan fingerprint density at radius 2 is 1.62 bits per heavy atom. The number of benzene rings is 2. The summed E-state index contributed by atoms with van der Waals surface area (Å²) in [7, 11) is 0. The van der Waals surface area contributed by atoms with Crippen LogP contribution >= 0.6 is 11.8 Å². The van der Waals surface area contributed by atoms with Crippen molar-refractivity contribution in [3.63, 3.8) is 0 Å². The number of alkyl halides is 3. The summed E-state index contributed by atoms with van der Waals surface area (Å²) in [5.41, 5.74) is 6.89. The van der Waals surface area contributed by atoms with E-state index in [-0.39, 0.29) is 12.3 Å². The number of rotatable bonds is 4. The molecule has 0 aliphatic heterocycles. The summed E-state index contributed by atoms with van der Waals surface area (Å²) in [5, 5.41) is 8.95. The monoisotopic (exact) mass is 313 g/mol. The fraction of sp³-hybridized carbons (Fsp3) is 0.200. The number of anilines is 1. The Morgan fingerprint density at radius 3 is 2.14 bits per heavy atom. The molecule has 2 aromatic rings. The van der Waals surface area contributed by atoms with Gasteiger partial charge < -0.3 is 10.8 Å². The van der Waals surface area contributed by atoms with Gasteiger partial charge in [0.2, 0.25) is 0 Å². The van der Waals surface area contributed by atoms with Gasteiger partial charge in [-0.25, -0.2) is 0 Å². The highest BCUT2D eigenvalue weighted by Crippen LogP contribution is 2.35. The molecule has 0 saturated carbocycles. The van der Waals surface area contributed by atoms with E-state index in [9.17, 15) is 13.2 Å². The molecule has 112 valence electrons. The molecule has 0 unspecified atom stereocenters. The summed E-state index contributed by atoms with van der Waals surface area (Å²) in [6.07, 6.45) is -4.38. The predicted molar refractivity (Wildman–Crippen MR) is 77.8 cm³/mol. The van der Waals surface area contributed by atoms with Crippen LogP contribution in [0, 0.1) is 0 Å². The standard InChI is InChI=1S/C15H14F3NOS/c16-15(17,18)12-5-6-14(13(19)7-12)21-9-11-3-1-10(8-20)2-4-11/h1-7,20H,8-9,19H2. The first-order valence-corrected chi connectivity index (χ1v) is 7.17. The average molecular weight is 313 g/mol. The minimum atomic E-state index is -4.38. The van der Waals surface area contributed by atoms with Crippen LogP contribution < -0.4 is 5.73 Å². The van der Waals surface area contributed by atoms with Crippen molar-refractivity contribution in [1.29, 1.82) is 0 Å². The lowest BCUT2D eigenvalue weighted by molar-refractivity contribution is -0.137. The third kappa shape index (κ3) is 4.15. The number of thioether (sulfide) groups is 1. The number of nitrogen functional groups attached to an aromatic ring is 1. The molecular weight excluding hydrogens is 299 g/mol. The van der Waals surface area contributed by atoms with Gasteiger partial charge in [0.15, 0.2) is 0 Å². The van der Waals surface area contributed by atoms with Crippen molar-refractivity contribution in [1.82, 2.24) is 0 Å². The van der Waals surface area contributed by atoms with Crippen LogP contribution in [0.4, 0.5) is 18.9 Å². The molecule has 3 N–H and O–H groups in total. The van der Waals surface area contributed by atoms with Crippen molar-refractivity contribution in [3.05, 3.63) is 59.2 Å². The molecule has 0 aromatic heterocycles. The van der Waals surface area contributed by atoms with E-state index in [4.69, 9.17) is 10.8 Å². The van der Waals surface area contributed by atoms with Gasteiger partial charge >= 0.3 is 6.18 Å². The summed E-state index contributed by atoms with van der Waals surface area (Å²) in [5.74, 6) is 0.598. The van der Waals surface area contributed by atoms with Gasteiger partial charge in [-0.15, -0.1) is 11.8 Å². The van der Waals surface area contributed by atoms with Crippen LogP contribution in [0.25, 0.3) is 0 Å². The summed E-state index contributed by atoms with van der Waals surface area (Å²) in [6, 6.07) is 10.8. The van der Waals surface area contributed by atoms with Crippen molar-refractivity contribution in [3.8, 4) is 0 Å². The second-order valence-electron chi connectivity index (χ2n) is 4.51. The Balaban J connectivity index is 2.06. The second-order valence-corrected chi connectivity index (χ2v) is 5.53. The number of aliphatic hydroxyl groups excluding tert-OH is 1. The quantitative estimate of drug-likeness (QED) is 0.660. The van der Waals surface area contributed by atoms with Crippen LogP contribution in [0.3, 0.4) is 0 Å². The molecule has 0 aliphatic rings.